The maximum Gasteiger partial charge on any atom is 0.155 e. The van der Waals surface area contributed by atoms with Crippen molar-refractivity contribution < 1.29 is 9.50 Å². The Bertz CT molecular complexity index is 604. The molecule has 0 radical (unpaired) electrons. The number of nitrogens with zero attached hydrogens (tertiary/aromatic N) is 1. The Morgan fingerprint density at radius 2 is 1.83 bits per heavy atom. The van der Waals surface area contributed by atoms with E-state index in [-0.39, 0.29) is 26.3 Å². The van der Waals surface area contributed by atoms with Gasteiger partial charge in [0, 0.05) is 17.3 Å². The summed E-state index contributed by atoms with van der Waals surface area (Å²) >= 11 is 17.7. The first-order valence-corrected chi connectivity index (χ1v) is 6.07. The van der Waals surface area contributed by atoms with Crippen LogP contribution in [0.25, 0.3) is 11.3 Å². The molecule has 0 saturated heterocycles. The summed E-state index contributed by atoms with van der Waals surface area (Å²) in [6.45, 7) is -0.416. The molecule has 0 aliphatic heterocycles. The lowest BCUT2D eigenvalue weighted by atomic mass is 10.1. The predicted molar refractivity (Wildman–Crippen MR) is 70.6 cm³/mol. The van der Waals surface area contributed by atoms with Gasteiger partial charge in [-0.3, -0.25) is 4.98 Å². The van der Waals surface area contributed by atoms with Crippen molar-refractivity contribution in [2.24, 2.45) is 0 Å². The number of halogens is 4. The standard InChI is InChI=1S/C12H7Cl3FNO/c13-8-2-1-7(9(14)10(8)15)12-11(16)6(5-18)3-4-17-12/h1-4,18H,5H2. The van der Waals surface area contributed by atoms with Crippen LogP contribution in [0.1, 0.15) is 5.56 Å². The lowest BCUT2D eigenvalue weighted by Gasteiger charge is -2.09. The Kier molecular flexibility index (Phi) is 4.07. The maximum atomic E-state index is 14.0. The molecule has 18 heavy (non-hydrogen) atoms. The van der Waals surface area contributed by atoms with E-state index in [1.165, 1.54) is 24.4 Å². The summed E-state index contributed by atoms with van der Waals surface area (Å²) in [7, 11) is 0. The zero-order chi connectivity index (χ0) is 13.3. The number of hydrogen-bond donors (Lipinski definition) is 1. The average molecular weight is 307 g/mol. The van der Waals surface area contributed by atoms with Gasteiger partial charge in [0.25, 0.3) is 0 Å². The number of aliphatic hydroxyl groups is 1. The van der Waals surface area contributed by atoms with E-state index >= 15 is 0 Å². The van der Waals surface area contributed by atoms with Crippen molar-refractivity contribution >= 4 is 34.8 Å². The van der Waals surface area contributed by atoms with Crippen LogP contribution in [0.4, 0.5) is 4.39 Å². The minimum absolute atomic E-state index is 0.0325. The largest absolute Gasteiger partial charge is 0.392 e. The van der Waals surface area contributed by atoms with Crippen LogP contribution in [0.5, 0.6) is 0 Å². The fourth-order valence-electron chi connectivity index (χ4n) is 1.50. The molecule has 0 bridgehead atoms. The molecule has 2 nitrogen and oxygen atoms in total. The van der Waals surface area contributed by atoms with E-state index in [1.54, 1.807) is 0 Å². The van der Waals surface area contributed by atoms with E-state index in [0.29, 0.717) is 5.56 Å². The normalized spacial score (nSPS) is 10.7. The van der Waals surface area contributed by atoms with Crippen LogP contribution in [0.3, 0.4) is 0 Å². The summed E-state index contributed by atoms with van der Waals surface area (Å²) in [6, 6.07) is 4.44. The Morgan fingerprint density at radius 1 is 1.11 bits per heavy atom. The highest BCUT2D eigenvalue weighted by molar-refractivity contribution is 6.49. The van der Waals surface area contributed by atoms with Crippen molar-refractivity contribution in [3.05, 3.63) is 50.8 Å². The summed E-state index contributed by atoms with van der Waals surface area (Å²) in [5, 5.41) is 9.57. The zero-order valence-electron chi connectivity index (χ0n) is 8.92. The van der Waals surface area contributed by atoms with Gasteiger partial charge in [-0.2, -0.15) is 0 Å². The molecule has 0 unspecified atom stereocenters. The second-order valence-electron chi connectivity index (χ2n) is 3.51. The molecular formula is C12H7Cl3FNO. The summed E-state index contributed by atoms with van der Waals surface area (Å²) in [4.78, 5) is 3.92. The maximum absolute atomic E-state index is 14.0. The van der Waals surface area contributed by atoms with E-state index in [2.05, 4.69) is 4.98 Å². The Balaban J connectivity index is 2.66. The van der Waals surface area contributed by atoms with Crippen molar-refractivity contribution in [3.8, 4) is 11.3 Å². The number of aromatic nitrogens is 1. The van der Waals surface area contributed by atoms with Gasteiger partial charge >= 0.3 is 0 Å². The number of rotatable bonds is 2. The molecule has 0 aliphatic carbocycles. The topological polar surface area (TPSA) is 33.1 Å². The van der Waals surface area contributed by atoms with Crippen molar-refractivity contribution in [1.82, 2.24) is 4.98 Å². The highest BCUT2D eigenvalue weighted by Crippen LogP contribution is 2.38. The summed E-state index contributed by atoms with van der Waals surface area (Å²) in [5.41, 5.74) is 0.506. The fraction of sp³-hybridized carbons (Fsp3) is 0.0833. The molecule has 0 spiro atoms. The van der Waals surface area contributed by atoms with Crippen LogP contribution in [-0.4, -0.2) is 10.1 Å². The minimum Gasteiger partial charge on any atom is -0.392 e. The third-order valence-corrected chi connectivity index (χ3v) is 3.72. The van der Waals surface area contributed by atoms with Crippen LogP contribution in [0.2, 0.25) is 15.1 Å². The van der Waals surface area contributed by atoms with Crippen LogP contribution < -0.4 is 0 Å². The number of pyridine rings is 1. The van der Waals surface area contributed by atoms with Gasteiger partial charge in [-0.05, 0) is 18.2 Å². The van der Waals surface area contributed by atoms with Crippen LogP contribution in [0, 0.1) is 5.82 Å². The van der Waals surface area contributed by atoms with Crippen molar-refractivity contribution in [2.75, 3.05) is 0 Å². The lowest BCUT2D eigenvalue weighted by molar-refractivity contribution is 0.275. The molecule has 2 rings (SSSR count). The van der Waals surface area contributed by atoms with Gasteiger partial charge in [0.15, 0.2) is 5.82 Å². The van der Waals surface area contributed by atoms with E-state index in [4.69, 9.17) is 39.9 Å². The van der Waals surface area contributed by atoms with Gasteiger partial charge in [-0.25, -0.2) is 4.39 Å². The van der Waals surface area contributed by atoms with Crippen molar-refractivity contribution in [2.45, 2.75) is 6.61 Å². The summed E-state index contributed by atoms with van der Waals surface area (Å²) < 4.78 is 14.0. The zero-order valence-corrected chi connectivity index (χ0v) is 11.2. The summed E-state index contributed by atoms with van der Waals surface area (Å²) in [5.74, 6) is -0.625. The minimum atomic E-state index is -0.625. The van der Waals surface area contributed by atoms with E-state index in [9.17, 15) is 4.39 Å². The molecule has 1 N–H and O–H groups in total. The van der Waals surface area contributed by atoms with E-state index < -0.39 is 12.4 Å². The predicted octanol–water partition coefficient (Wildman–Crippen LogP) is 4.34. The molecule has 1 aromatic carbocycles. The monoisotopic (exact) mass is 305 g/mol. The van der Waals surface area contributed by atoms with Crippen molar-refractivity contribution in [3.63, 3.8) is 0 Å². The first-order chi connectivity index (χ1) is 8.56. The second-order valence-corrected chi connectivity index (χ2v) is 4.68. The third-order valence-electron chi connectivity index (χ3n) is 2.43. The molecule has 94 valence electrons. The number of hydrogen-bond acceptors (Lipinski definition) is 2. The highest BCUT2D eigenvalue weighted by Gasteiger charge is 2.16. The first-order valence-electron chi connectivity index (χ1n) is 4.94. The molecule has 0 amide bonds. The molecule has 2 aromatic rings. The van der Waals surface area contributed by atoms with Gasteiger partial charge in [-0.1, -0.05) is 34.8 Å². The number of aliphatic hydroxyl groups excluding tert-OH is 1. The molecular weight excluding hydrogens is 299 g/mol. The van der Waals surface area contributed by atoms with Crippen LogP contribution in [-0.2, 0) is 6.61 Å². The van der Waals surface area contributed by atoms with E-state index in [0.717, 1.165) is 0 Å². The molecule has 0 saturated carbocycles. The molecule has 1 aromatic heterocycles. The number of benzene rings is 1. The molecule has 1 heterocycles. The van der Waals surface area contributed by atoms with E-state index in [1.807, 2.05) is 0 Å². The van der Waals surface area contributed by atoms with Crippen molar-refractivity contribution in [1.29, 1.82) is 0 Å². The van der Waals surface area contributed by atoms with Crippen LogP contribution in [0.15, 0.2) is 24.4 Å². The Morgan fingerprint density at radius 3 is 2.50 bits per heavy atom. The fourth-order valence-corrected chi connectivity index (χ4v) is 2.13. The molecule has 0 aliphatic rings. The van der Waals surface area contributed by atoms with Gasteiger partial charge in [0.05, 0.1) is 21.7 Å². The van der Waals surface area contributed by atoms with Gasteiger partial charge < -0.3 is 5.11 Å². The van der Waals surface area contributed by atoms with Crippen LogP contribution >= 0.6 is 34.8 Å². The molecule has 0 fully saturated rings. The molecule has 6 heteroatoms. The highest BCUT2D eigenvalue weighted by atomic mass is 35.5. The average Bonchev–Trinajstić information content (AvgIpc) is 2.37. The Labute approximate surface area is 118 Å². The SMILES string of the molecule is OCc1ccnc(-c2ccc(Cl)c(Cl)c2Cl)c1F. The van der Waals surface area contributed by atoms with Gasteiger partial charge in [-0.15, -0.1) is 0 Å². The Hall–Kier alpha value is -0.870. The second kappa shape index (κ2) is 5.41. The lowest BCUT2D eigenvalue weighted by Crippen LogP contribution is -1.96. The quantitative estimate of drug-likeness (QED) is 0.837. The first kappa shape index (κ1) is 13.6. The summed E-state index contributed by atoms with van der Waals surface area (Å²) in [6.07, 6.45) is 1.39. The third kappa shape index (κ3) is 2.31. The smallest absolute Gasteiger partial charge is 0.155 e. The van der Waals surface area contributed by atoms with Gasteiger partial charge in [0.2, 0.25) is 0 Å². The van der Waals surface area contributed by atoms with Gasteiger partial charge in [0.1, 0.15) is 5.69 Å². The molecule has 0 atom stereocenters.